The molecule has 0 unspecified atom stereocenters. The van der Waals surface area contributed by atoms with Crippen molar-refractivity contribution in [2.45, 2.75) is 0 Å². The number of methoxy groups -OCH3 is 1. The summed E-state index contributed by atoms with van der Waals surface area (Å²) in [6.07, 6.45) is 1.36. The van der Waals surface area contributed by atoms with Crippen LogP contribution in [0.1, 0.15) is 5.56 Å². The Kier molecular flexibility index (Phi) is 6.81. The number of ether oxygens (including phenoxy) is 1. The van der Waals surface area contributed by atoms with Crippen molar-refractivity contribution in [1.29, 1.82) is 0 Å². The normalized spacial score (nSPS) is 10.6. The van der Waals surface area contributed by atoms with Crippen LogP contribution >= 0.6 is 39.1 Å². The molecule has 9 heteroatoms. The molecule has 0 fully saturated rings. The Labute approximate surface area is 162 Å². The van der Waals surface area contributed by atoms with Gasteiger partial charge in [-0.1, -0.05) is 39.1 Å². The van der Waals surface area contributed by atoms with Crippen LogP contribution in [0.5, 0.6) is 5.75 Å². The van der Waals surface area contributed by atoms with Crippen molar-refractivity contribution in [2.75, 3.05) is 12.4 Å². The zero-order chi connectivity index (χ0) is 18.4. The van der Waals surface area contributed by atoms with Crippen LogP contribution in [0, 0.1) is 0 Å². The summed E-state index contributed by atoms with van der Waals surface area (Å²) in [7, 11) is 1.52. The average molecular weight is 445 g/mol. The molecule has 130 valence electrons. The molecule has 6 nitrogen and oxygen atoms in total. The summed E-state index contributed by atoms with van der Waals surface area (Å²) in [6.45, 7) is 0. The van der Waals surface area contributed by atoms with Crippen LogP contribution in [-0.4, -0.2) is 25.1 Å². The van der Waals surface area contributed by atoms with Crippen LogP contribution in [0.4, 0.5) is 5.69 Å². The van der Waals surface area contributed by atoms with Gasteiger partial charge in [0, 0.05) is 15.1 Å². The van der Waals surface area contributed by atoms with Gasteiger partial charge in [0.1, 0.15) is 5.75 Å². The van der Waals surface area contributed by atoms with E-state index in [0.29, 0.717) is 16.3 Å². The Morgan fingerprint density at radius 3 is 2.64 bits per heavy atom. The molecule has 0 heterocycles. The maximum Gasteiger partial charge on any atom is 0.329 e. The SMILES string of the molecule is COc1ccc(Br)cc1/C=N/NC(=O)C(=O)Nc1cc(Cl)ccc1Cl. The zero-order valence-corrected chi connectivity index (χ0v) is 15.9. The van der Waals surface area contributed by atoms with Crippen molar-refractivity contribution in [3.05, 3.63) is 56.5 Å². The third kappa shape index (κ3) is 5.45. The lowest BCUT2D eigenvalue weighted by Crippen LogP contribution is -2.32. The summed E-state index contributed by atoms with van der Waals surface area (Å²) in [5.74, 6) is -1.32. The molecular weight excluding hydrogens is 433 g/mol. The monoisotopic (exact) mass is 443 g/mol. The molecule has 0 aliphatic carbocycles. The van der Waals surface area contributed by atoms with Crippen molar-refractivity contribution in [3.63, 3.8) is 0 Å². The second kappa shape index (κ2) is 8.84. The number of carbonyl (C=O) groups excluding carboxylic acids is 2. The molecular formula is C16H12BrCl2N3O3. The van der Waals surface area contributed by atoms with Crippen LogP contribution in [-0.2, 0) is 9.59 Å². The van der Waals surface area contributed by atoms with Crippen LogP contribution in [0.25, 0.3) is 0 Å². The van der Waals surface area contributed by atoms with E-state index in [1.54, 1.807) is 24.3 Å². The first kappa shape index (κ1) is 19.2. The average Bonchev–Trinajstić information content (AvgIpc) is 2.58. The van der Waals surface area contributed by atoms with Gasteiger partial charge >= 0.3 is 11.8 Å². The minimum Gasteiger partial charge on any atom is -0.496 e. The number of nitrogens with zero attached hydrogens (tertiary/aromatic N) is 1. The molecule has 2 amide bonds. The standard InChI is InChI=1S/C16H12BrCl2N3O3/c1-25-14-5-2-10(17)6-9(14)8-20-22-16(24)15(23)21-13-7-11(18)3-4-12(13)19/h2-8H,1H3,(H,21,23)(H,22,24)/b20-8+. The summed E-state index contributed by atoms with van der Waals surface area (Å²) >= 11 is 15.1. The van der Waals surface area contributed by atoms with E-state index in [-0.39, 0.29) is 10.7 Å². The van der Waals surface area contributed by atoms with Crippen molar-refractivity contribution < 1.29 is 14.3 Å². The lowest BCUT2D eigenvalue weighted by atomic mass is 10.2. The summed E-state index contributed by atoms with van der Waals surface area (Å²) in [5, 5.41) is 6.74. The molecule has 0 bridgehead atoms. The van der Waals surface area contributed by atoms with Gasteiger partial charge in [-0.15, -0.1) is 0 Å². The van der Waals surface area contributed by atoms with E-state index >= 15 is 0 Å². The number of halogens is 3. The number of carbonyl (C=O) groups is 2. The molecule has 0 radical (unpaired) electrons. The molecule has 2 rings (SSSR count). The van der Waals surface area contributed by atoms with Gasteiger partial charge in [-0.3, -0.25) is 9.59 Å². The number of hydrogen-bond donors (Lipinski definition) is 2. The Balaban J connectivity index is 2.01. The molecule has 0 saturated carbocycles. The minimum absolute atomic E-state index is 0.229. The fourth-order valence-corrected chi connectivity index (χ4v) is 2.51. The summed E-state index contributed by atoms with van der Waals surface area (Å²) in [6, 6.07) is 9.80. The highest BCUT2D eigenvalue weighted by atomic mass is 79.9. The molecule has 25 heavy (non-hydrogen) atoms. The molecule has 0 saturated heterocycles. The summed E-state index contributed by atoms with van der Waals surface area (Å²) < 4.78 is 5.99. The smallest absolute Gasteiger partial charge is 0.329 e. The van der Waals surface area contributed by atoms with Gasteiger partial charge in [-0.2, -0.15) is 5.10 Å². The first-order valence-corrected chi connectivity index (χ1v) is 8.38. The predicted molar refractivity (Wildman–Crippen MR) is 102 cm³/mol. The van der Waals surface area contributed by atoms with Crippen molar-refractivity contribution in [1.82, 2.24) is 5.43 Å². The molecule has 0 aliphatic heterocycles. The number of nitrogens with one attached hydrogen (secondary N) is 2. The number of rotatable bonds is 4. The third-order valence-electron chi connectivity index (χ3n) is 2.94. The van der Waals surface area contributed by atoms with Crippen molar-refractivity contribution in [2.24, 2.45) is 5.10 Å². The van der Waals surface area contributed by atoms with E-state index in [4.69, 9.17) is 27.9 Å². The number of hydrazone groups is 1. The number of anilines is 1. The maximum absolute atomic E-state index is 11.9. The largest absolute Gasteiger partial charge is 0.496 e. The molecule has 0 aromatic heterocycles. The molecule has 0 aliphatic rings. The van der Waals surface area contributed by atoms with Crippen LogP contribution in [0.3, 0.4) is 0 Å². The Morgan fingerprint density at radius 1 is 1.16 bits per heavy atom. The van der Waals surface area contributed by atoms with Crippen molar-refractivity contribution in [3.8, 4) is 5.75 Å². The van der Waals surface area contributed by atoms with Crippen LogP contribution in [0.15, 0.2) is 46.0 Å². The van der Waals surface area contributed by atoms with Gasteiger partial charge in [0.2, 0.25) is 0 Å². The van der Waals surface area contributed by atoms with E-state index < -0.39 is 11.8 Å². The van der Waals surface area contributed by atoms with Gasteiger partial charge in [0.15, 0.2) is 0 Å². The predicted octanol–water partition coefficient (Wildman–Crippen LogP) is 3.85. The Hall–Kier alpha value is -2.09. The minimum atomic E-state index is -0.957. The second-order valence-corrected chi connectivity index (χ2v) is 6.42. The van der Waals surface area contributed by atoms with Gasteiger partial charge in [-0.25, -0.2) is 5.43 Å². The maximum atomic E-state index is 11.9. The van der Waals surface area contributed by atoms with E-state index in [9.17, 15) is 9.59 Å². The van der Waals surface area contributed by atoms with Crippen molar-refractivity contribution >= 4 is 62.8 Å². The summed E-state index contributed by atoms with van der Waals surface area (Å²) in [4.78, 5) is 23.7. The number of hydrogen-bond acceptors (Lipinski definition) is 4. The van der Waals surface area contributed by atoms with E-state index in [1.165, 1.54) is 25.5 Å². The molecule has 0 spiro atoms. The number of benzene rings is 2. The van der Waals surface area contributed by atoms with Crippen LogP contribution < -0.4 is 15.5 Å². The highest BCUT2D eigenvalue weighted by Crippen LogP contribution is 2.25. The van der Waals surface area contributed by atoms with Gasteiger partial charge < -0.3 is 10.1 Å². The highest BCUT2D eigenvalue weighted by Gasteiger charge is 2.14. The molecule has 2 aromatic rings. The lowest BCUT2D eigenvalue weighted by molar-refractivity contribution is -0.136. The first-order valence-electron chi connectivity index (χ1n) is 6.83. The van der Waals surface area contributed by atoms with Gasteiger partial charge in [0.05, 0.1) is 24.0 Å². The number of amides is 2. The second-order valence-electron chi connectivity index (χ2n) is 4.66. The lowest BCUT2D eigenvalue weighted by Gasteiger charge is -2.07. The molecule has 2 aromatic carbocycles. The highest BCUT2D eigenvalue weighted by molar-refractivity contribution is 9.10. The fourth-order valence-electron chi connectivity index (χ4n) is 1.79. The zero-order valence-electron chi connectivity index (χ0n) is 12.8. The molecule has 0 atom stereocenters. The Morgan fingerprint density at radius 2 is 1.92 bits per heavy atom. The van der Waals surface area contributed by atoms with E-state index in [1.807, 2.05) is 0 Å². The third-order valence-corrected chi connectivity index (χ3v) is 4.00. The Bertz CT molecular complexity index is 843. The topological polar surface area (TPSA) is 79.8 Å². The van der Waals surface area contributed by atoms with Crippen LogP contribution in [0.2, 0.25) is 10.0 Å². The quantitative estimate of drug-likeness (QED) is 0.427. The van der Waals surface area contributed by atoms with E-state index in [0.717, 1.165) is 4.47 Å². The fraction of sp³-hybridized carbons (Fsp3) is 0.0625. The first-order chi connectivity index (χ1) is 11.9. The van der Waals surface area contributed by atoms with E-state index in [2.05, 4.69) is 31.8 Å². The van der Waals surface area contributed by atoms with Gasteiger partial charge in [-0.05, 0) is 36.4 Å². The molecule has 2 N–H and O–H groups in total. The summed E-state index contributed by atoms with van der Waals surface area (Å²) in [5.41, 5.74) is 2.98. The van der Waals surface area contributed by atoms with Gasteiger partial charge in [0.25, 0.3) is 0 Å².